The molecule has 1 aromatic carbocycles. The minimum atomic E-state index is 0.514. The van der Waals surface area contributed by atoms with Crippen LogP contribution in [-0.2, 0) is 22.3 Å². The third-order valence-electron chi connectivity index (χ3n) is 13.4. The van der Waals surface area contributed by atoms with Crippen molar-refractivity contribution in [3.63, 3.8) is 0 Å². The first kappa shape index (κ1) is 55.5. The summed E-state index contributed by atoms with van der Waals surface area (Å²) in [5.74, 6) is 3.56. The Morgan fingerprint density at radius 1 is 0.507 bits per heavy atom. The number of benzene rings is 1. The van der Waals surface area contributed by atoms with Crippen molar-refractivity contribution in [2.45, 2.75) is 128 Å². The summed E-state index contributed by atoms with van der Waals surface area (Å²) >= 11 is 8.75. The van der Waals surface area contributed by atoms with Crippen molar-refractivity contribution >= 4 is 71.6 Å². The van der Waals surface area contributed by atoms with Crippen molar-refractivity contribution in [1.82, 2.24) is 29.5 Å². The van der Waals surface area contributed by atoms with Crippen molar-refractivity contribution in [3.05, 3.63) is 120 Å². The second-order valence-electron chi connectivity index (χ2n) is 19.1. The van der Waals surface area contributed by atoms with Gasteiger partial charge in [0.1, 0.15) is 11.5 Å². The van der Waals surface area contributed by atoms with Gasteiger partial charge in [-0.3, -0.25) is 0 Å². The highest BCUT2D eigenvalue weighted by molar-refractivity contribution is 7.80. The molecule has 0 spiro atoms. The number of fused-ring (bicyclic) bond motifs is 8. The van der Waals surface area contributed by atoms with E-state index in [1.807, 2.05) is 17.1 Å². The van der Waals surface area contributed by atoms with Crippen LogP contribution in [0, 0.1) is 0 Å². The van der Waals surface area contributed by atoms with E-state index in [0.717, 1.165) is 147 Å². The predicted molar refractivity (Wildman–Crippen MR) is 313 cm³/mol. The molecule has 12 heteroatoms. The highest BCUT2D eigenvalue weighted by Gasteiger charge is 2.19. The van der Waals surface area contributed by atoms with Gasteiger partial charge >= 0.3 is 0 Å². The Morgan fingerprint density at radius 3 is 1.49 bits per heavy atom. The minimum Gasteiger partial charge on any atom is -0.493 e. The molecular weight excluding hydrogens is 945 g/mol. The first-order valence-corrected chi connectivity index (χ1v) is 28.5. The van der Waals surface area contributed by atoms with Gasteiger partial charge in [0.25, 0.3) is 0 Å². The zero-order valence-electron chi connectivity index (χ0n) is 43.3. The quantitative estimate of drug-likeness (QED) is 0.0176. The van der Waals surface area contributed by atoms with Crippen molar-refractivity contribution in [2.75, 3.05) is 51.1 Å². The van der Waals surface area contributed by atoms with E-state index in [1.165, 1.54) is 77.0 Å². The first-order chi connectivity index (χ1) is 36.1. The van der Waals surface area contributed by atoms with Crippen LogP contribution in [-0.4, -0.2) is 80.6 Å². The number of H-pyrrole nitrogens is 2. The molecule has 390 valence electrons. The predicted octanol–water partition coefficient (Wildman–Crippen LogP) is 15.6. The number of rotatable bonds is 36. The second kappa shape index (κ2) is 31.5. The zero-order chi connectivity index (χ0) is 50.7. The van der Waals surface area contributed by atoms with Crippen LogP contribution < -0.4 is 9.47 Å². The lowest BCUT2D eigenvalue weighted by Gasteiger charge is -2.14. The molecule has 2 aliphatic rings. The fourth-order valence-electron chi connectivity index (χ4n) is 9.65. The van der Waals surface area contributed by atoms with E-state index in [9.17, 15) is 0 Å². The zero-order valence-corrected chi connectivity index (χ0v) is 45.1. The summed E-state index contributed by atoms with van der Waals surface area (Å²) in [6.45, 7) is 11.2. The van der Waals surface area contributed by atoms with Crippen molar-refractivity contribution in [3.8, 4) is 28.3 Å². The molecule has 0 aliphatic carbocycles. The van der Waals surface area contributed by atoms with Crippen molar-refractivity contribution in [2.24, 2.45) is 0 Å². The van der Waals surface area contributed by atoms with Gasteiger partial charge in [0.15, 0.2) is 0 Å². The average Bonchev–Trinajstić information content (AvgIpc) is 4.28. The number of nitrogens with one attached hydrogen (secondary N) is 2. The molecule has 0 atom stereocenters. The third-order valence-corrected chi connectivity index (χ3v) is 14.1. The highest BCUT2D eigenvalue weighted by Crippen LogP contribution is 2.37. The van der Waals surface area contributed by atoms with E-state index in [2.05, 4.69) is 120 Å². The molecule has 4 aromatic heterocycles. The molecule has 0 fully saturated rings. The molecule has 8 bridgehead atoms. The highest BCUT2D eigenvalue weighted by atomic mass is 32.1. The minimum absolute atomic E-state index is 0.514. The average molecular weight is 1030 g/mol. The molecule has 2 aliphatic heterocycles. The molecule has 0 saturated carbocycles. The van der Waals surface area contributed by atoms with Crippen LogP contribution in [0.2, 0.25) is 0 Å². The lowest BCUT2D eigenvalue weighted by molar-refractivity contribution is 0.160. The number of thiol groups is 2. The number of aryl methyl sites for hydroxylation is 2. The molecule has 7 rings (SSSR count). The molecule has 2 N–H and O–H groups in total. The van der Waals surface area contributed by atoms with E-state index in [-0.39, 0.29) is 0 Å². The first-order valence-electron chi connectivity index (χ1n) is 27.2. The van der Waals surface area contributed by atoms with E-state index in [0.29, 0.717) is 39.6 Å². The summed E-state index contributed by atoms with van der Waals surface area (Å²) in [6.07, 6.45) is 40.3. The van der Waals surface area contributed by atoms with Gasteiger partial charge < -0.3 is 33.5 Å². The van der Waals surface area contributed by atoms with E-state index < -0.39 is 0 Å². The maximum Gasteiger partial charge on any atom is 0.123 e. The molecule has 10 nitrogen and oxygen atoms in total. The van der Waals surface area contributed by atoms with Crippen LogP contribution in [0.5, 0.6) is 11.5 Å². The van der Waals surface area contributed by atoms with Crippen LogP contribution in [0.1, 0.15) is 149 Å². The van der Waals surface area contributed by atoms with Crippen LogP contribution >= 0.6 is 25.3 Å². The van der Waals surface area contributed by atoms with Gasteiger partial charge in [0.05, 0.1) is 66.7 Å². The Morgan fingerprint density at radius 2 is 0.973 bits per heavy atom. The fourth-order valence-corrected chi connectivity index (χ4v) is 10.1. The molecular formula is C61H80N6O4S2. The Labute approximate surface area is 446 Å². The maximum absolute atomic E-state index is 6.65. The molecule has 0 saturated heterocycles. The number of ether oxygens (including phenoxy) is 4. The summed E-state index contributed by atoms with van der Waals surface area (Å²) in [4.78, 5) is 23.0. The number of imidazole rings is 1. The number of hydrogen-bond donors (Lipinski definition) is 4. The van der Waals surface area contributed by atoms with Crippen LogP contribution in [0.25, 0.3) is 63.2 Å². The number of hydrogen-bond acceptors (Lipinski definition) is 9. The van der Waals surface area contributed by atoms with Gasteiger partial charge in [0.2, 0.25) is 0 Å². The van der Waals surface area contributed by atoms with E-state index in [1.54, 1.807) is 18.3 Å². The number of unbranched alkanes of at least 4 members (excludes halogenated alkanes) is 14. The lowest BCUT2D eigenvalue weighted by atomic mass is 10.0. The van der Waals surface area contributed by atoms with Crippen LogP contribution in [0.4, 0.5) is 0 Å². The normalized spacial score (nSPS) is 12.0. The second-order valence-corrected chi connectivity index (χ2v) is 20.0. The summed E-state index contributed by atoms with van der Waals surface area (Å²) in [6, 6.07) is 15.1. The van der Waals surface area contributed by atoms with Crippen molar-refractivity contribution in [1.29, 1.82) is 0 Å². The monoisotopic (exact) mass is 1020 g/mol. The summed E-state index contributed by atoms with van der Waals surface area (Å²) < 4.78 is 27.1. The van der Waals surface area contributed by atoms with Gasteiger partial charge in [-0.1, -0.05) is 89.2 Å². The Balaban J connectivity index is 1.32. The third kappa shape index (κ3) is 17.1. The molecule has 0 amide bonds. The standard InChI is InChI=1S/C61H80N6O4S2/c1-3-35-68-37-21-23-50-52-25-29-56(63-52)60(47-43-48(70-39-17-13-9-5-7-11-15-19-41-72)45-49(44-47)71-40-18-14-10-6-8-12-16-20-42-73)57-30-26-53(64-57)51(24-22-38-69-36-4-2)55-28-32-59(66-55)61(67-34-33-62-46-67)58-31-27-54(50)65-58/h3-4,25-34,43-46,63,66,72-73H,1-2,5-24,35-42H2. The molecule has 73 heavy (non-hydrogen) atoms. The summed E-state index contributed by atoms with van der Waals surface area (Å²) in [5, 5.41) is 0. The van der Waals surface area contributed by atoms with Gasteiger partial charge in [-0.25, -0.2) is 15.0 Å². The smallest absolute Gasteiger partial charge is 0.123 e. The van der Waals surface area contributed by atoms with Crippen LogP contribution in [0.3, 0.4) is 0 Å². The Kier molecular flexibility index (Phi) is 23.9. The van der Waals surface area contributed by atoms with E-state index in [4.69, 9.17) is 28.9 Å². The molecule has 0 unspecified atom stereocenters. The summed E-state index contributed by atoms with van der Waals surface area (Å²) in [5.41, 5.74) is 12.4. The van der Waals surface area contributed by atoms with Gasteiger partial charge in [-0.2, -0.15) is 25.3 Å². The van der Waals surface area contributed by atoms with Gasteiger partial charge in [-0.05, 0) is 129 Å². The van der Waals surface area contributed by atoms with Crippen molar-refractivity contribution < 1.29 is 18.9 Å². The van der Waals surface area contributed by atoms with E-state index >= 15 is 0 Å². The number of aromatic nitrogens is 6. The molecule has 5 aromatic rings. The SMILES string of the molecule is C=CCOCCCc1c2nc(c(-n3ccnc3)c3ccc([nH]3)c(CCCOCC=C)c3nc(c(-c4cc(OCCCCCCCCCCS)cc(OCCCCCCCCCCS)c4)c4ccc1[nH]4)C=C3)C=C2. The maximum atomic E-state index is 6.65. The summed E-state index contributed by atoms with van der Waals surface area (Å²) in [7, 11) is 0. The topological polar surface area (TPSA) is 112 Å². The van der Waals surface area contributed by atoms with Gasteiger partial charge in [0, 0.05) is 64.9 Å². The lowest BCUT2D eigenvalue weighted by Crippen LogP contribution is -2.01. The largest absolute Gasteiger partial charge is 0.493 e. The fraction of sp³-hybridized carbons (Fsp3) is 0.459. The van der Waals surface area contributed by atoms with Gasteiger partial charge in [-0.15, -0.1) is 13.2 Å². The Bertz CT molecular complexity index is 2650. The molecule has 0 radical (unpaired) electrons. The number of nitrogens with zero attached hydrogens (tertiary/aromatic N) is 4. The van der Waals surface area contributed by atoms with Crippen LogP contribution in [0.15, 0.2) is 86.5 Å². The number of aromatic amines is 2. The molecule has 6 heterocycles. The Hall–Kier alpha value is -5.27.